The molecule has 0 aliphatic carbocycles. The summed E-state index contributed by atoms with van der Waals surface area (Å²) in [6.07, 6.45) is 0. The molecule has 0 saturated carbocycles. The van der Waals surface area contributed by atoms with Crippen LogP contribution in [0.4, 0.5) is 34.1 Å². The van der Waals surface area contributed by atoms with Gasteiger partial charge in [0.15, 0.2) is 0 Å². The molecule has 0 saturated heterocycles. The zero-order chi connectivity index (χ0) is 93.4. The quantitative estimate of drug-likeness (QED) is 0.113. The van der Waals surface area contributed by atoms with E-state index in [2.05, 4.69) is 557 Å². The van der Waals surface area contributed by atoms with Gasteiger partial charge in [0.25, 0.3) is 0 Å². The molecule has 2 heteroatoms. The van der Waals surface area contributed by atoms with Gasteiger partial charge in [0.2, 0.25) is 0 Å². The SMILES string of the molecule is Cc1ccc2c(-c3ccc4ccccc4c3)c3ccccc3c(-c3ccc4ccccc4c3)c2c1.c1ccc(N(c2ccc3ccccc3c2)c2ccc3c(-c4ccc5ccccc5c4)c4ccccc4c(-c4ccc5ccccc5c4)c3c2)cc1.c1ccc2cc(-c3c4ccccc4c(-c4ccc5ccccc5c4)c4cc(N(c5ccc6ccccc6c5)c5ccc6ccccc6c5)ccc34)ccc2c1. The summed E-state index contributed by atoms with van der Waals surface area (Å²) in [6.45, 7) is 2.19. The number of fused-ring (bicyclic) bond motifs is 15. The highest BCUT2D eigenvalue weighted by Crippen LogP contribution is 2.53. The van der Waals surface area contributed by atoms with Crippen LogP contribution in [-0.4, -0.2) is 0 Å². The Labute approximate surface area is 818 Å². The Morgan fingerprint density at radius 3 is 0.532 bits per heavy atom. The van der Waals surface area contributed by atoms with Crippen LogP contribution in [-0.2, 0) is 0 Å². The fourth-order valence-corrected chi connectivity index (χ4v) is 22.3. The van der Waals surface area contributed by atoms with E-state index in [1.165, 1.54) is 234 Å². The van der Waals surface area contributed by atoms with Crippen molar-refractivity contribution >= 4 is 196 Å². The minimum Gasteiger partial charge on any atom is -0.310 e. The summed E-state index contributed by atoms with van der Waals surface area (Å²) < 4.78 is 0. The van der Waals surface area contributed by atoms with E-state index >= 15 is 0 Å². The first-order valence-electron chi connectivity index (χ1n) is 48.8. The van der Waals surface area contributed by atoms with E-state index in [0.29, 0.717) is 0 Å². The highest BCUT2D eigenvalue weighted by molar-refractivity contribution is 6.26. The average molecular weight is 1790 g/mol. The van der Waals surface area contributed by atoms with Crippen LogP contribution >= 0.6 is 0 Å². The van der Waals surface area contributed by atoms with Crippen LogP contribution in [0.3, 0.4) is 0 Å². The van der Waals surface area contributed by atoms with Crippen molar-refractivity contribution in [2.24, 2.45) is 0 Å². The van der Waals surface area contributed by atoms with Crippen molar-refractivity contribution in [3.63, 3.8) is 0 Å². The Hall–Kier alpha value is -18.3. The third kappa shape index (κ3) is 15.3. The monoisotopic (exact) mass is 1790 g/mol. The largest absolute Gasteiger partial charge is 0.310 e. The van der Waals surface area contributed by atoms with Gasteiger partial charge in [-0.05, 0) is 344 Å². The fraction of sp³-hybridized carbons (Fsp3) is 0.00719. The van der Waals surface area contributed by atoms with Crippen molar-refractivity contribution in [3.05, 3.63) is 545 Å². The normalized spacial score (nSPS) is 11.6. The van der Waals surface area contributed by atoms with Crippen LogP contribution in [0.2, 0.25) is 0 Å². The molecule has 0 bridgehead atoms. The molecule has 0 N–H and O–H groups in total. The van der Waals surface area contributed by atoms with Gasteiger partial charge in [0.1, 0.15) is 0 Å². The van der Waals surface area contributed by atoms with Crippen molar-refractivity contribution in [2.75, 3.05) is 9.80 Å². The van der Waals surface area contributed by atoms with Crippen molar-refractivity contribution in [1.82, 2.24) is 0 Å². The van der Waals surface area contributed by atoms with Crippen LogP contribution in [0.15, 0.2) is 540 Å². The zero-order valence-corrected chi connectivity index (χ0v) is 77.8. The average Bonchev–Trinajstić information content (AvgIpc) is 0.727. The molecule has 28 aromatic carbocycles. The minimum absolute atomic E-state index is 1.11. The lowest BCUT2D eigenvalue weighted by atomic mass is 9.84. The van der Waals surface area contributed by atoms with Crippen molar-refractivity contribution < 1.29 is 0 Å². The van der Waals surface area contributed by atoms with Gasteiger partial charge in [-0.3, -0.25) is 0 Å². The highest BCUT2D eigenvalue weighted by atomic mass is 15.1. The summed E-state index contributed by atoms with van der Waals surface area (Å²) >= 11 is 0. The van der Waals surface area contributed by atoms with Gasteiger partial charge in [-0.15, -0.1) is 0 Å². The lowest BCUT2D eigenvalue weighted by Crippen LogP contribution is -2.10. The van der Waals surface area contributed by atoms with E-state index in [4.69, 9.17) is 0 Å². The number of hydrogen-bond donors (Lipinski definition) is 0. The van der Waals surface area contributed by atoms with Gasteiger partial charge in [-0.1, -0.05) is 436 Å². The number of aryl methyl sites for hydroxylation is 1. The van der Waals surface area contributed by atoms with E-state index < -0.39 is 0 Å². The maximum Gasteiger partial charge on any atom is 0.0468 e. The molecular weight excluding hydrogens is 1700 g/mol. The lowest BCUT2D eigenvalue weighted by molar-refractivity contribution is 1.29. The molecule has 0 spiro atoms. The van der Waals surface area contributed by atoms with Gasteiger partial charge >= 0.3 is 0 Å². The zero-order valence-electron chi connectivity index (χ0n) is 77.8. The van der Waals surface area contributed by atoms with E-state index in [1.54, 1.807) is 0 Å². The molecule has 141 heavy (non-hydrogen) atoms. The molecule has 0 atom stereocenters. The van der Waals surface area contributed by atoms with Crippen molar-refractivity contribution in [3.8, 4) is 66.8 Å². The van der Waals surface area contributed by atoms with Crippen LogP contribution < -0.4 is 9.80 Å². The Balaban J connectivity index is 0.000000111. The minimum atomic E-state index is 1.11. The molecule has 2 nitrogen and oxygen atoms in total. The topological polar surface area (TPSA) is 6.48 Å². The Morgan fingerprint density at radius 2 is 0.277 bits per heavy atom. The molecular formula is C139H92N2. The van der Waals surface area contributed by atoms with E-state index in [9.17, 15) is 0 Å². The molecule has 0 radical (unpaired) electrons. The molecule has 0 fully saturated rings. The van der Waals surface area contributed by atoms with Crippen molar-refractivity contribution in [1.29, 1.82) is 0 Å². The van der Waals surface area contributed by atoms with Gasteiger partial charge in [0, 0.05) is 34.1 Å². The van der Waals surface area contributed by atoms with Crippen LogP contribution in [0.1, 0.15) is 5.56 Å². The molecule has 0 aliphatic heterocycles. The lowest BCUT2D eigenvalue weighted by Gasteiger charge is -2.27. The number of rotatable bonds is 12. The summed E-state index contributed by atoms with van der Waals surface area (Å²) in [5, 5.41) is 37.5. The Kier molecular flexibility index (Phi) is 20.9. The molecule has 28 aromatic rings. The number of para-hydroxylation sites is 1. The van der Waals surface area contributed by atoms with E-state index in [1.807, 2.05) is 0 Å². The molecule has 28 rings (SSSR count). The van der Waals surface area contributed by atoms with Gasteiger partial charge in [-0.25, -0.2) is 0 Å². The number of nitrogens with zero attached hydrogens (tertiary/aromatic N) is 2. The van der Waals surface area contributed by atoms with Gasteiger partial charge < -0.3 is 9.80 Å². The molecule has 0 aliphatic rings. The molecule has 0 unspecified atom stereocenters. The molecule has 0 heterocycles. The standard InChI is InChI=1S/C54H35N.C50H33N.C35H24/c1-5-15-40-31-44(23-21-36(40)11-1)53-49-19-9-10-20-50(49)54(45-24-22-37-12-2-6-16-41(37)32-45)52-35-48(29-30-51(52)53)55(46-27-25-38-13-3-7-17-42(38)33-46)47-28-26-39-14-4-8-18-43(39)34-47;1-2-18-42(19-3-1)51(43-27-26-36-14-6-9-17-39(36)32-43)44-28-29-47-48(33-44)50(41-25-23-35-13-5-8-16-38(35)31-41)46-21-11-10-20-45(46)49(47)40-24-22-34-12-4-7-15-37(34)30-40;1-23-14-19-32-33(20-23)35(29-18-16-25-9-3-5-11-27(25)22-29)31-13-7-6-12-30(31)34(32)28-17-15-24-8-2-4-10-26(24)21-28/h1-35H;1-33H;2-22H,1H3. The number of hydrogen-bond acceptors (Lipinski definition) is 2. The molecule has 658 valence electrons. The summed E-state index contributed by atoms with van der Waals surface area (Å²) in [7, 11) is 0. The molecule has 0 aromatic heterocycles. The van der Waals surface area contributed by atoms with Gasteiger partial charge in [-0.2, -0.15) is 0 Å². The Bertz CT molecular complexity index is 9800. The summed E-state index contributed by atoms with van der Waals surface area (Å²) in [5.74, 6) is 0. The van der Waals surface area contributed by atoms with Crippen LogP contribution in [0.25, 0.3) is 228 Å². The summed E-state index contributed by atoms with van der Waals surface area (Å²) in [4.78, 5) is 4.81. The van der Waals surface area contributed by atoms with Crippen molar-refractivity contribution in [2.45, 2.75) is 6.92 Å². The third-order valence-corrected chi connectivity index (χ3v) is 28.9. The predicted octanol–water partition coefficient (Wildman–Crippen LogP) is 39.6. The second-order valence-corrected chi connectivity index (χ2v) is 37.4. The number of benzene rings is 28. The summed E-state index contributed by atoms with van der Waals surface area (Å²) in [6, 6.07) is 198. The first kappa shape index (κ1) is 83.3. The van der Waals surface area contributed by atoms with Crippen LogP contribution in [0.5, 0.6) is 0 Å². The van der Waals surface area contributed by atoms with E-state index in [0.717, 1.165) is 34.1 Å². The smallest absolute Gasteiger partial charge is 0.0468 e. The number of anilines is 6. The maximum atomic E-state index is 2.43. The fourth-order valence-electron chi connectivity index (χ4n) is 22.3. The predicted molar refractivity (Wildman–Crippen MR) is 609 cm³/mol. The Morgan fingerprint density at radius 1 is 0.106 bits per heavy atom. The first-order valence-corrected chi connectivity index (χ1v) is 48.8. The van der Waals surface area contributed by atoms with E-state index in [-0.39, 0.29) is 0 Å². The second-order valence-electron chi connectivity index (χ2n) is 37.4. The summed E-state index contributed by atoms with van der Waals surface area (Å²) in [5.41, 5.74) is 23.0. The third-order valence-electron chi connectivity index (χ3n) is 28.9. The highest BCUT2D eigenvalue weighted by Gasteiger charge is 2.26. The van der Waals surface area contributed by atoms with Gasteiger partial charge in [0.05, 0.1) is 0 Å². The maximum absolute atomic E-state index is 2.43. The second kappa shape index (κ2) is 35.4. The van der Waals surface area contributed by atoms with Crippen LogP contribution in [0, 0.1) is 6.92 Å². The first-order chi connectivity index (χ1) is 69.8. The molecule has 0 amide bonds.